The van der Waals surface area contributed by atoms with E-state index in [1.165, 1.54) is 23.5 Å². The lowest BCUT2D eigenvalue weighted by atomic mass is 10.1. The van der Waals surface area contributed by atoms with Crippen molar-refractivity contribution >= 4 is 22.1 Å². The van der Waals surface area contributed by atoms with Gasteiger partial charge < -0.3 is 5.73 Å². The molecule has 0 saturated carbocycles. The van der Waals surface area contributed by atoms with Crippen molar-refractivity contribution in [3.63, 3.8) is 0 Å². The Kier molecular flexibility index (Phi) is 2.12. The Morgan fingerprint density at radius 2 is 2.12 bits per heavy atom. The molecule has 0 atom stereocenters. The smallest absolute Gasteiger partial charge is 0.206 e. The number of imidazole rings is 1. The van der Waals surface area contributed by atoms with Crippen molar-refractivity contribution in [1.82, 2.24) is 9.38 Å². The minimum Gasteiger partial charge on any atom is -0.369 e. The van der Waals surface area contributed by atoms with Crippen LogP contribution in [0.2, 0.25) is 0 Å². The van der Waals surface area contributed by atoms with E-state index in [-0.39, 0.29) is 0 Å². The molecule has 0 fully saturated rings. The van der Waals surface area contributed by atoms with E-state index in [2.05, 4.69) is 4.98 Å². The third-order valence-corrected chi connectivity index (χ3v) is 3.37. The fraction of sp³-hybridized carbons (Fsp3) is 0. The van der Waals surface area contributed by atoms with Gasteiger partial charge in [-0.1, -0.05) is 0 Å². The second kappa shape index (κ2) is 3.53. The molecule has 2 aromatic heterocycles. The molecule has 0 saturated heterocycles. The summed E-state index contributed by atoms with van der Waals surface area (Å²) in [6.07, 6.45) is 1.62. The van der Waals surface area contributed by atoms with Crippen LogP contribution in [0.25, 0.3) is 16.1 Å². The first-order valence-electron chi connectivity index (χ1n) is 4.82. The second-order valence-corrected chi connectivity index (χ2v) is 4.42. The topological polar surface area (TPSA) is 43.3 Å². The van der Waals surface area contributed by atoms with E-state index in [1.807, 2.05) is 0 Å². The first-order valence-corrected chi connectivity index (χ1v) is 5.70. The molecule has 0 unspecified atom stereocenters. The summed E-state index contributed by atoms with van der Waals surface area (Å²) in [5, 5.41) is 1.77. The fourth-order valence-corrected chi connectivity index (χ4v) is 2.60. The molecule has 0 bridgehead atoms. The van der Waals surface area contributed by atoms with Gasteiger partial charge in [-0.05, 0) is 12.1 Å². The molecule has 0 radical (unpaired) electrons. The van der Waals surface area contributed by atoms with E-state index in [1.54, 1.807) is 16.0 Å². The second-order valence-electron chi connectivity index (χ2n) is 3.54. The summed E-state index contributed by atoms with van der Waals surface area (Å²) in [4.78, 5) is 4.76. The van der Waals surface area contributed by atoms with Crippen LogP contribution < -0.4 is 5.73 Å². The molecule has 86 valence electrons. The monoisotopic (exact) mass is 251 g/mol. The lowest BCUT2D eigenvalue weighted by molar-refractivity contribution is 0.585. The van der Waals surface area contributed by atoms with Crippen molar-refractivity contribution in [1.29, 1.82) is 0 Å². The van der Waals surface area contributed by atoms with Crippen molar-refractivity contribution in [2.45, 2.75) is 0 Å². The quantitative estimate of drug-likeness (QED) is 0.722. The molecule has 2 N–H and O–H groups in total. The summed E-state index contributed by atoms with van der Waals surface area (Å²) in [5.74, 6) is -0.922. The van der Waals surface area contributed by atoms with E-state index in [9.17, 15) is 8.78 Å². The number of rotatable bonds is 1. The zero-order valence-electron chi connectivity index (χ0n) is 8.52. The molecule has 0 aliphatic rings. The van der Waals surface area contributed by atoms with Gasteiger partial charge in [-0.2, -0.15) is 0 Å². The van der Waals surface area contributed by atoms with Gasteiger partial charge in [-0.25, -0.2) is 13.8 Å². The Morgan fingerprint density at radius 1 is 1.29 bits per heavy atom. The molecular formula is C11H7F2N3S. The number of halogens is 2. The van der Waals surface area contributed by atoms with Gasteiger partial charge in [-0.3, -0.25) is 4.40 Å². The minimum absolute atomic E-state index is 0.292. The number of anilines is 1. The van der Waals surface area contributed by atoms with Crippen LogP contribution in [0.1, 0.15) is 0 Å². The molecule has 3 aromatic rings. The predicted octanol–water partition coefficient (Wildman–Crippen LogP) is 2.92. The molecule has 6 heteroatoms. The summed E-state index contributed by atoms with van der Waals surface area (Å²) in [6.45, 7) is 0. The Balaban J connectivity index is 2.30. The van der Waals surface area contributed by atoms with Gasteiger partial charge in [0.1, 0.15) is 16.5 Å². The predicted molar refractivity (Wildman–Crippen MR) is 62.8 cm³/mol. The highest BCUT2D eigenvalue weighted by Gasteiger charge is 2.13. The maximum absolute atomic E-state index is 13.7. The molecule has 2 heterocycles. The maximum atomic E-state index is 13.7. The number of aromatic nitrogens is 2. The SMILES string of the molecule is Nc1ncc2scc(-c3ccc(F)cc3F)n12. The van der Waals surface area contributed by atoms with Gasteiger partial charge in [0.25, 0.3) is 0 Å². The van der Waals surface area contributed by atoms with Crippen molar-refractivity contribution < 1.29 is 8.78 Å². The number of nitrogens with zero attached hydrogens (tertiary/aromatic N) is 2. The van der Waals surface area contributed by atoms with Crippen LogP contribution in [0, 0.1) is 11.6 Å². The van der Waals surface area contributed by atoms with Crippen molar-refractivity contribution in [3.8, 4) is 11.3 Å². The summed E-state index contributed by atoms with van der Waals surface area (Å²) in [7, 11) is 0. The van der Waals surface area contributed by atoms with Crippen LogP contribution in [-0.4, -0.2) is 9.38 Å². The zero-order valence-corrected chi connectivity index (χ0v) is 9.34. The summed E-state index contributed by atoms with van der Waals surface area (Å²) in [5.41, 5.74) is 6.59. The lowest BCUT2D eigenvalue weighted by Gasteiger charge is -2.02. The van der Waals surface area contributed by atoms with E-state index in [4.69, 9.17) is 5.73 Å². The van der Waals surface area contributed by atoms with Crippen LogP contribution in [-0.2, 0) is 0 Å². The Labute approximate surface area is 99.1 Å². The van der Waals surface area contributed by atoms with E-state index < -0.39 is 11.6 Å². The van der Waals surface area contributed by atoms with Gasteiger partial charge in [0.2, 0.25) is 5.95 Å². The molecule has 0 amide bonds. The van der Waals surface area contributed by atoms with E-state index >= 15 is 0 Å². The van der Waals surface area contributed by atoms with Gasteiger partial charge in [0.05, 0.1) is 11.9 Å². The van der Waals surface area contributed by atoms with Gasteiger partial charge in [-0.15, -0.1) is 11.3 Å². The lowest BCUT2D eigenvalue weighted by Crippen LogP contribution is -1.96. The van der Waals surface area contributed by atoms with Crippen LogP contribution >= 0.6 is 11.3 Å². The molecule has 0 aliphatic carbocycles. The fourth-order valence-electron chi connectivity index (χ4n) is 1.73. The number of nitrogens with two attached hydrogens (primary N) is 1. The highest BCUT2D eigenvalue weighted by molar-refractivity contribution is 7.16. The molecule has 0 spiro atoms. The third kappa shape index (κ3) is 1.49. The van der Waals surface area contributed by atoms with Gasteiger partial charge >= 0.3 is 0 Å². The largest absolute Gasteiger partial charge is 0.369 e. The molecular weight excluding hydrogens is 244 g/mol. The van der Waals surface area contributed by atoms with E-state index in [0.717, 1.165) is 10.9 Å². The first kappa shape index (κ1) is 10.2. The number of benzene rings is 1. The van der Waals surface area contributed by atoms with Crippen LogP contribution in [0.3, 0.4) is 0 Å². The highest BCUT2D eigenvalue weighted by Crippen LogP contribution is 2.30. The molecule has 3 rings (SSSR count). The molecule has 17 heavy (non-hydrogen) atoms. The number of hydrogen-bond donors (Lipinski definition) is 1. The molecule has 0 aliphatic heterocycles. The normalized spacial score (nSPS) is 11.2. The Bertz CT molecular complexity index is 702. The highest BCUT2D eigenvalue weighted by atomic mass is 32.1. The average molecular weight is 251 g/mol. The van der Waals surface area contributed by atoms with Crippen LogP contribution in [0.5, 0.6) is 0 Å². The Morgan fingerprint density at radius 3 is 2.88 bits per heavy atom. The Hall–Kier alpha value is -1.95. The number of hydrogen-bond acceptors (Lipinski definition) is 3. The standard InChI is InChI=1S/C11H7F2N3S/c12-6-1-2-7(8(13)3-6)9-5-17-10-4-15-11(14)16(9)10/h1-5H,(H2,14,15). The minimum atomic E-state index is -0.613. The number of fused-ring (bicyclic) bond motifs is 1. The van der Waals surface area contributed by atoms with E-state index in [0.29, 0.717) is 17.2 Å². The number of nitrogen functional groups attached to an aromatic ring is 1. The zero-order chi connectivity index (χ0) is 12.0. The first-order chi connectivity index (χ1) is 8.16. The van der Waals surface area contributed by atoms with Crippen LogP contribution in [0.4, 0.5) is 14.7 Å². The summed E-state index contributed by atoms with van der Waals surface area (Å²) in [6, 6.07) is 3.46. The third-order valence-electron chi connectivity index (χ3n) is 2.50. The van der Waals surface area contributed by atoms with Crippen LogP contribution in [0.15, 0.2) is 29.8 Å². The average Bonchev–Trinajstić information content (AvgIpc) is 2.83. The summed E-state index contributed by atoms with van der Waals surface area (Å²) < 4.78 is 28.2. The van der Waals surface area contributed by atoms with Crippen molar-refractivity contribution in [3.05, 3.63) is 41.4 Å². The van der Waals surface area contributed by atoms with Crippen molar-refractivity contribution in [2.24, 2.45) is 0 Å². The number of thiazole rings is 1. The molecule has 3 nitrogen and oxygen atoms in total. The van der Waals surface area contributed by atoms with Gasteiger partial charge in [0, 0.05) is 17.0 Å². The summed E-state index contributed by atoms with van der Waals surface area (Å²) >= 11 is 1.40. The molecule has 1 aromatic carbocycles. The van der Waals surface area contributed by atoms with Gasteiger partial charge in [0.15, 0.2) is 0 Å². The van der Waals surface area contributed by atoms with Crippen molar-refractivity contribution in [2.75, 3.05) is 5.73 Å². The maximum Gasteiger partial charge on any atom is 0.206 e.